The maximum atomic E-state index is 5.82. The number of benzene rings is 4. The summed E-state index contributed by atoms with van der Waals surface area (Å²) in [7, 11) is 7.27. The van der Waals surface area contributed by atoms with E-state index in [1.165, 1.54) is 28.3 Å². The Morgan fingerprint density at radius 3 is 1.41 bits per heavy atom. The monoisotopic (exact) mass is 740 g/mol. The average molecular weight is 741 g/mol. The van der Waals surface area contributed by atoms with Crippen LogP contribution in [0.2, 0.25) is 37.0 Å². The van der Waals surface area contributed by atoms with E-state index in [0.29, 0.717) is 4.31 Å². The van der Waals surface area contributed by atoms with E-state index in [2.05, 4.69) is 173 Å². The number of pyridine rings is 2. The molecule has 1 spiro atoms. The van der Waals surface area contributed by atoms with Gasteiger partial charge in [-0.1, -0.05) is 0 Å². The Morgan fingerprint density at radius 2 is 0.980 bits per heavy atom. The van der Waals surface area contributed by atoms with Crippen LogP contribution in [0.5, 0.6) is 0 Å². The Labute approximate surface area is 294 Å². The number of nitrogens with zero attached hydrogens (tertiary/aromatic N) is 2. The molecule has 16 rings (SSSR count). The zero-order valence-corrected chi connectivity index (χ0v) is 32.6. The average Bonchev–Trinajstić information content (AvgIpc) is 4.12. The van der Waals surface area contributed by atoms with Gasteiger partial charge in [-0.05, 0) is 0 Å². The second-order valence-electron chi connectivity index (χ2n) is 20.9. The van der Waals surface area contributed by atoms with E-state index in [1.807, 2.05) is 0 Å². The summed E-state index contributed by atoms with van der Waals surface area (Å²) in [4.78, 5) is 16.4. The summed E-state index contributed by atoms with van der Waals surface area (Å²) in [6, 6.07) is 51.7. The van der Waals surface area contributed by atoms with Crippen LogP contribution in [0, 0.1) is 5.41 Å². The van der Waals surface area contributed by atoms with Crippen LogP contribution in [-0.4, -0.2) is 16.1 Å². The third-order valence-corrected chi connectivity index (χ3v) is 71.5. The van der Waals surface area contributed by atoms with Gasteiger partial charge in [0.25, 0.3) is 0 Å². The molecule has 254 valence electrons. The van der Waals surface area contributed by atoms with Gasteiger partial charge in [0.15, 0.2) is 0 Å². The van der Waals surface area contributed by atoms with Crippen molar-refractivity contribution in [3.8, 4) is 0 Å². The fraction of sp³-hybridized carbons (Fsp3) is 0.348. The molecule has 0 bridgehead atoms. The molecule has 2 aromatic heterocycles. The molecule has 0 amide bonds. The van der Waals surface area contributed by atoms with Crippen LogP contribution in [-0.2, 0) is 20.3 Å². The third-order valence-electron chi connectivity index (χ3n) is 23.9. The van der Waals surface area contributed by atoms with Gasteiger partial charge in [-0.25, -0.2) is 0 Å². The minimum atomic E-state index is -5.16. The van der Waals surface area contributed by atoms with Gasteiger partial charge in [0.05, 0.1) is 0 Å². The van der Waals surface area contributed by atoms with Crippen molar-refractivity contribution in [1.29, 1.82) is 0 Å². The van der Waals surface area contributed by atoms with Crippen molar-refractivity contribution in [3.63, 3.8) is 0 Å². The van der Waals surface area contributed by atoms with Gasteiger partial charge in [0.1, 0.15) is 0 Å². The first-order chi connectivity index (χ1) is 24.5. The first kappa shape index (κ1) is 26.8. The summed E-state index contributed by atoms with van der Waals surface area (Å²) in [5.41, 5.74) is 8.28. The molecule has 2 nitrogen and oxygen atoms in total. The fourth-order valence-corrected chi connectivity index (χ4v) is 121. The molecule has 10 saturated heterocycles. The third kappa shape index (κ3) is 0.706. The summed E-state index contributed by atoms with van der Waals surface area (Å²) in [5, 5.41) is 2.03. The molecule has 5 heteroatoms. The molecule has 0 aliphatic carbocycles. The van der Waals surface area contributed by atoms with E-state index in [1.54, 1.807) is 11.1 Å². The molecule has 10 aliphatic rings. The number of para-hydroxylation sites is 2. The summed E-state index contributed by atoms with van der Waals surface area (Å²) < 4.78 is 1.29. The zero-order chi connectivity index (χ0) is 34.0. The van der Waals surface area contributed by atoms with E-state index in [4.69, 9.17) is 9.97 Å². The Balaban J connectivity index is 1.17. The van der Waals surface area contributed by atoms with Crippen molar-refractivity contribution >= 4 is 40.3 Å². The van der Waals surface area contributed by atoms with Crippen molar-refractivity contribution in [2.24, 2.45) is 5.41 Å². The first-order valence-electron chi connectivity index (χ1n) is 19.1. The summed E-state index contributed by atoms with van der Waals surface area (Å²) in [6.45, 7) is 2.97. The van der Waals surface area contributed by atoms with Crippen molar-refractivity contribution in [3.05, 3.63) is 156 Å². The van der Waals surface area contributed by atoms with Crippen LogP contribution in [0.15, 0.2) is 133 Å². The van der Waals surface area contributed by atoms with Crippen LogP contribution < -0.4 is 0 Å². The molecular weight excluding hydrogens is 698 g/mol. The van der Waals surface area contributed by atoms with E-state index < -0.39 is 11.7 Å². The summed E-state index contributed by atoms with van der Waals surface area (Å²) in [6.07, 6.45) is 1.22. The van der Waals surface area contributed by atoms with Crippen molar-refractivity contribution < 1.29 is 6.51 Å². The summed E-state index contributed by atoms with van der Waals surface area (Å²) >= 11 is 0. The van der Waals surface area contributed by atoms with Crippen LogP contribution in [0.25, 0.3) is 21.8 Å². The molecule has 7 atom stereocenters. The molecule has 10 fully saturated rings. The molecule has 6 aromatic rings. The predicted octanol–water partition coefficient (Wildman–Crippen LogP) is 11.5. The molecule has 0 saturated carbocycles. The maximum absolute atomic E-state index is 5.82. The standard InChI is InChI=1S/C41H37N2P2.C5H5.Fe/c1-40(2,3)39-37(30-18-8-5-9-19-30)36(29-16-6-4-7-17-29)31(26-44)38(39)41(45,34-24-22-27-14-10-12-20-32(27)42-34)35-25-23-28-15-11-13-21-33(28)43-35;1-2-4-5-3-1;/h4-25H,26,44-45H2,1-3H3;1-5H;. The van der Waals surface area contributed by atoms with Crippen LogP contribution in [0.3, 0.4) is 0 Å². The second kappa shape index (κ2) is 4.56. The van der Waals surface area contributed by atoms with E-state index in [0.717, 1.165) is 35.1 Å². The fourth-order valence-electron chi connectivity index (χ4n) is 28.3. The zero-order valence-electron chi connectivity index (χ0n) is 29.2. The van der Waals surface area contributed by atoms with E-state index in [9.17, 15) is 0 Å². The Kier molecular flexibility index (Phi) is 2.39. The SMILES string of the molecule is CC(C)(C)[C]12[C]3(c4ccccc4)[C]4(c5ccccc5)[C]5(CP)[C]1(C(P)(c1ccc6ccccc6n1)c1ccc6ccccc6n1)[Fe]54321678[CH]2[CH]1[CH]6[CH]7[CH]28. The predicted molar refractivity (Wildman–Crippen MR) is 211 cm³/mol. The number of hydrogen-bond acceptors (Lipinski definition) is 2. The normalized spacial score (nSPS) is 54.1. The summed E-state index contributed by atoms with van der Waals surface area (Å²) in [5.74, 6) is 0. The minimum absolute atomic E-state index is 0.132. The van der Waals surface area contributed by atoms with Gasteiger partial charge in [-0.2, -0.15) is 0 Å². The molecule has 0 radical (unpaired) electrons. The van der Waals surface area contributed by atoms with Crippen LogP contribution in [0.4, 0.5) is 0 Å². The van der Waals surface area contributed by atoms with Gasteiger partial charge in [0, 0.05) is 0 Å². The quantitative estimate of drug-likeness (QED) is 0.126. The molecule has 10 aliphatic heterocycles. The molecule has 4 aromatic carbocycles. The molecule has 51 heavy (non-hydrogen) atoms. The van der Waals surface area contributed by atoms with Crippen LogP contribution >= 0.6 is 18.5 Å². The number of rotatable bonds is 6. The molecule has 7 unspecified atom stereocenters. The molecular formula is C46H42FeN2P2. The van der Waals surface area contributed by atoms with Gasteiger partial charge in [-0.3, -0.25) is 0 Å². The Morgan fingerprint density at radius 1 is 0.549 bits per heavy atom. The number of hydrogen-bond donors (Lipinski definition) is 0. The van der Waals surface area contributed by atoms with Crippen molar-refractivity contribution in [2.45, 2.75) is 71.6 Å². The number of aromatic nitrogens is 2. The van der Waals surface area contributed by atoms with E-state index in [-0.39, 0.29) is 22.7 Å². The van der Waals surface area contributed by atoms with Crippen molar-refractivity contribution in [2.75, 3.05) is 6.16 Å². The van der Waals surface area contributed by atoms with E-state index >= 15 is 0 Å². The van der Waals surface area contributed by atoms with Gasteiger partial charge < -0.3 is 0 Å². The first-order valence-corrected chi connectivity index (χ1v) is 26.4. The van der Waals surface area contributed by atoms with Crippen molar-refractivity contribution in [1.82, 2.24) is 9.97 Å². The Bertz CT molecular complexity index is 3060. The van der Waals surface area contributed by atoms with Gasteiger partial charge in [0.2, 0.25) is 0 Å². The molecule has 0 N–H and O–H groups in total. The van der Waals surface area contributed by atoms with Gasteiger partial charge in [-0.15, -0.1) is 0 Å². The Hall–Kier alpha value is -2.92. The molecule has 12 heterocycles. The number of fused-ring (bicyclic) bond motifs is 12. The van der Waals surface area contributed by atoms with Crippen LogP contribution in [0.1, 0.15) is 43.3 Å². The second-order valence-corrected chi connectivity index (χ2v) is 44.5. The topological polar surface area (TPSA) is 25.8 Å². The van der Waals surface area contributed by atoms with Gasteiger partial charge >= 0.3 is 296 Å².